The minimum Gasteiger partial charge on any atom is -0.325 e. The lowest BCUT2D eigenvalue weighted by molar-refractivity contribution is -0.119. The van der Waals surface area contributed by atoms with Crippen LogP contribution in [0.15, 0.2) is 51.7 Å². The fraction of sp³-hybridized carbons (Fsp3) is 0.200. The van der Waals surface area contributed by atoms with Gasteiger partial charge in [0.1, 0.15) is 5.82 Å². The van der Waals surface area contributed by atoms with Crippen LogP contribution in [-0.2, 0) is 11.3 Å². The second kappa shape index (κ2) is 5.69. The molecule has 3 aromatic rings. The van der Waals surface area contributed by atoms with Crippen molar-refractivity contribution >= 4 is 50.2 Å². The molecule has 1 atom stereocenters. The Morgan fingerprint density at radius 1 is 1.04 bits per heavy atom. The first-order valence-electron chi connectivity index (χ1n) is 8.46. The molecule has 0 saturated heterocycles. The Kier molecular flexibility index (Phi) is 3.52. The average Bonchev–Trinajstić information content (AvgIpc) is 3.07. The zero-order valence-corrected chi connectivity index (χ0v) is 16.0. The van der Waals surface area contributed by atoms with E-state index in [-0.39, 0.29) is 17.3 Å². The highest BCUT2D eigenvalue weighted by Gasteiger charge is 2.39. The van der Waals surface area contributed by atoms with Crippen molar-refractivity contribution in [3.63, 3.8) is 0 Å². The molecule has 0 N–H and O–H groups in total. The van der Waals surface area contributed by atoms with Crippen molar-refractivity contribution < 1.29 is 4.79 Å². The van der Waals surface area contributed by atoms with E-state index in [0.717, 1.165) is 26.9 Å². The van der Waals surface area contributed by atoms with Crippen LogP contribution in [0.4, 0.5) is 5.82 Å². The predicted molar refractivity (Wildman–Crippen MR) is 106 cm³/mol. The number of carbonyl (C=O) groups is 1. The zero-order valence-electron chi connectivity index (χ0n) is 13.7. The van der Waals surface area contributed by atoms with Gasteiger partial charge in [-0.1, -0.05) is 39.7 Å². The highest BCUT2D eigenvalue weighted by molar-refractivity contribution is 9.10. The summed E-state index contributed by atoms with van der Waals surface area (Å²) in [7, 11) is 0. The molecule has 0 spiro atoms. The SMILES string of the molecule is O=C1CC(c2ccc(Br)cc2)c2c3n(c4cc(Cl)ccc4c2=O)CCN13. The lowest BCUT2D eigenvalue weighted by Crippen LogP contribution is -2.38. The van der Waals surface area contributed by atoms with E-state index >= 15 is 0 Å². The third-order valence-corrected chi connectivity index (χ3v) is 6.10. The maximum absolute atomic E-state index is 13.4. The van der Waals surface area contributed by atoms with E-state index in [1.165, 1.54) is 0 Å². The lowest BCUT2D eigenvalue weighted by atomic mass is 9.85. The number of carbonyl (C=O) groups excluding carboxylic acids is 1. The predicted octanol–water partition coefficient (Wildman–Crippen LogP) is 4.30. The minimum atomic E-state index is -0.223. The average molecular weight is 430 g/mol. The Hall–Kier alpha value is -2.11. The molecule has 2 aliphatic rings. The molecule has 4 nitrogen and oxygen atoms in total. The largest absolute Gasteiger partial charge is 0.325 e. The number of hydrogen-bond acceptors (Lipinski definition) is 2. The number of halogens is 2. The fourth-order valence-corrected chi connectivity index (χ4v) is 4.60. The van der Waals surface area contributed by atoms with Crippen LogP contribution in [-0.4, -0.2) is 17.0 Å². The van der Waals surface area contributed by atoms with Gasteiger partial charge < -0.3 is 4.57 Å². The Morgan fingerprint density at radius 3 is 2.58 bits per heavy atom. The number of amides is 1. The van der Waals surface area contributed by atoms with Gasteiger partial charge in [-0.3, -0.25) is 14.5 Å². The first-order chi connectivity index (χ1) is 12.5. The van der Waals surface area contributed by atoms with E-state index in [4.69, 9.17) is 11.6 Å². The van der Waals surface area contributed by atoms with Gasteiger partial charge >= 0.3 is 0 Å². The first kappa shape index (κ1) is 16.1. The quantitative estimate of drug-likeness (QED) is 0.579. The number of hydrogen-bond donors (Lipinski definition) is 0. The molecule has 130 valence electrons. The van der Waals surface area contributed by atoms with Gasteiger partial charge in [-0.25, -0.2) is 0 Å². The van der Waals surface area contributed by atoms with E-state index in [0.29, 0.717) is 29.9 Å². The molecule has 3 heterocycles. The van der Waals surface area contributed by atoms with E-state index < -0.39 is 0 Å². The van der Waals surface area contributed by atoms with E-state index in [2.05, 4.69) is 20.5 Å². The summed E-state index contributed by atoms with van der Waals surface area (Å²) in [5.74, 6) is 0.588. The van der Waals surface area contributed by atoms with Gasteiger partial charge in [0.25, 0.3) is 0 Å². The number of nitrogens with zero attached hydrogens (tertiary/aromatic N) is 2. The molecule has 1 amide bonds. The van der Waals surface area contributed by atoms with Gasteiger partial charge in [0.2, 0.25) is 5.91 Å². The number of benzene rings is 2. The Morgan fingerprint density at radius 2 is 1.81 bits per heavy atom. The van der Waals surface area contributed by atoms with Gasteiger partial charge in [0.05, 0.1) is 5.52 Å². The van der Waals surface area contributed by atoms with Crippen molar-refractivity contribution in [1.82, 2.24) is 4.57 Å². The van der Waals surface area contributed by atoms with Gasteiger partial charge in [-0.15, -0.1) is 0 Å². The van der Waals surface area contributed by atoms with E-state index in [1.54, 1.807) is 17.0 Å². The number of anilines is 1. The van der Waals surface area contributed by atoms with Crippen LogP contribution in [0.5, 0.6) is 0 Å². The molecule has 6 heteroatoms. The number of fused-ring (bicyclic) bond motifs is 2. The summed E-state index contributed by atoms with van der Waals surface area (Å²) in [5, 5.41) is 1.25. The molecule has 2 aliphatic heterocycles. The molecule has 26 heavy (non-hydrogen) atoms. The lowest BCUT2D eigenvalue weighted by Gasteiger charge is -2.31. The van der Waals surface area contributed by atoms with Crippen molar-refractivity contribution in [3.8, 4) is 0 Å². The molecule has 1 aromatic heterocycles. The fourth-order valence-electron chi connectivity index (χ4n) is 4.17. The summed E-state index contributed by atoms with van der Waals surface area (Å²) in [6.45, 7) is 1.28. The summed E-state index contributed by atoms with van der Waals surface area (Å²) in [5.41, 5.74) is 2.50. The number of pyridine rings is 1. The third kappa shape index (κ3) is 2.20. The van der Waals surface area contributed by atoms with Crippen molar-refractivity contribution in [2.75, 3.05) is 11.4 Å². The molecule has 5 rings (SSSR count). The van der Waals surface area contributed by atoms with Gasteiger partial charge in [-0.05, 0) is 35.9 Å². The molecule has 0 saturated carbocycles. The van der Waals surface area contributed by atoms with Crippen molar-refractivity contribution in [3.05, 3.63) is 73.3 Å². The molecule has 1 unspecified atom stereocenters. The third-order valence-electron chi connectivity index (χ3n) is 5.34. The van der Waals surface area contributed by atoms with E-state index in [9.17, 15) is 9.59 Å². The zero-order chi connectivity index (χ0) is 18.0. The van der Waals surface area contributed by atoms with Crippen molar-refractivity contribution in [2.24, 2.45) is 0 Å². The van der Waals surface area contributed by atoms with Crippen LogP contribution >= 0.6 is 27.5 Å². The number of aromatic nitrogens is 1. The molecule has 0 radical (unpaired) electrons. The van der Waals surface area contributed by atoms with Crippen LogP contribution < -0.4 is 10.3 Å². The van der Waals surface area contributed by atoms with Crippen LogP contribution in [0.2, 0.25) is 5.02 Å². The summed E-state index contributed by atoms with van der Waals surface area (Å²) >= 11 is 9.61. The normalized spacial score (nSPS) is 18.5. The minimum absolute atomic E-state index is 0.00441. The van der Waals surface area contributed by atoms with Crippen LogP contribution in [0.1, 0.15) is 23.5 Å². The Labute approximate surface area is 163 Å². The maximum Gasteiger partial charge on any atom is 0.229 e. The summed E-state index contributed by atoms with van der Waals surface area (Å²) < 4.78 is 3.04. The first-order valence-corrected chi connectivity index (χ1v) is 9.63. The topological polar surface area (TPSA) is 42.3 Å². The second-order valence-corrected chi connectivity index (χ2v) is 8.09. The summed E-state index contributed by atoms with van der Waals surface area (Å²) in [4.78, 5) is 27.9. The van der Waals surface area contributed by atoms with Crippen LogP contribution in [0.3, 0.4) is 0 Å². The van der Waals surface area contributed by atoms with E-state index in [1.807, 2.05) is 30.3 Å². The maximum atomic E-state index is 13.4. The molecule has 0 bridgehead atoms. The standard InChI is InChI=1S/C20H14BrClN2O2/c21-12-3-1-11(2-4-12)15-10-17(25)24-8-7-23-16-9-13(22)5-6-14(16)19(26)18(15)20(23)24/h1-6,9,15H,7-8,10H2. The Bertz CT molecular complexity index is 1140. The second-order valence-electron chi connectivity index (χ2n) is 6.73. The van der Waals surface area contributed by atoms with Gasteiger partial charge in [-0.2, -0.15) is 0 Å². The highest BCUT2D eigenvalue weighted by atomic mass is 79.9. The van der Waals surface area contributed by atoms with Crippen LogP contribution in [0.25, 0.3) is 10.9 Å². The summed E-state index contributed by atoms with van der Waals surface area (Å²) in [6.07, 6.45) is 0.322. The monoisotopic (exact) mass is 428 g/mol. The van der Waals surface area contributed by atoms with Gasteiger partial charge in [0.15, 0.2) is 5.43 Å². The molecule has 0 aliphatic carbocycles. The van der Waals surface area contributed by atoms with Crippen LogP contribution in [0, 0.1) is 0 Å². The smallest absolute Gasteiger partial charge is 0.229 e. The molecular weight excluding hydrogens is 416 g/mol. The summed E-state index contributed by atoms with van der Waals surface area (Å²) in [6, 6.07) is 13.2. The molecule has 2 aromatic carbocycles. The highest BCUT2D eigenvalue weighted by Crippen LogP contribution is 2.42. The molecular formula is C20H14BrClN2O2. The Balaban J connectivity index is 1.86. The van der Waals surface area contributed by atoms with Crippen molar-refractivity contribution in [1.29, 1.82) is 0 Å². The van der Waals surface area contributed by atoms with Gasteiger partial charge in [0, 0.05) is 45.9 Å². The number of rotatable bonds is 1. The van der Waals surface area contributed by atoms with Crippen molar-refractivity contribution in [2.45, 2.75) is 18.9 Å². The molecule has 0 fully saturated rings.